The average molecular weight is 162 g/mol. The maximum absolute atomic E-state index is 9.07. The number of aliphatic hydroxyl groups is 2. The van der Waals surface area contributed by atoms with Gasteiger partial charge >= 0.3 is 0 Å². The van der Waals surface area contributed by atoms with Crippen LogP contribution in [0.5, 0.6) is 0 Å². The molecule has 0 unspecified atom stereocenters. The number of rotatable bonds is 3. The Labute approximate surface area is 61.6 Å². The van der Waals surface area contributed by atoms with Gasteiger partial charge in [0.25, 0.3) is 12.2 Å². The van der Waals surface area contributed by atoms with Crippen LogP contribution in [-0.4, -0.2) is 35.6 Å². The summed E-state index contributed by atoms with van der Waals surface area (Å²) in [5.41, 5.74) is 0. The second-order valence-electron chi connectivity index (χ2n) is 0.894. The highest BCUT2D eigenvalue weighted by Gasteiger charge is 1.61. The summed E-state index contributed by atoms with van der Waals surface area (Å²) in [5, 5.41) is 20.1. The monoisotopic (exact) mass is 162 g/mol. The van der Waals surface area contributed by atoms with Crippen LogP contribution in [0.1, 0.15) is 0 Å². The maximum atomic E-state index is 9.07. The van der Waals surface area contributed by atoms with E-state index in [4.69, 9.17) is 19.8 Å². The summed E-state index contributed by atoms with van der Waals surface area (Å²) in [5.74, 6) is 0. The smallest absolute Gasteiger partial charge is 0.279 e. The summed E-state index contributed by atoms with van der Waals surface area (Å²) in [7, 11) is 0. The van der Waals surface area contributed by atoms with Crippen LogP contribution >= 0.6 is 0 Å². The van der Waals surface area contributed by atoms with Crippen LogP contribution in [0.2, 0.25) is 0 Å². The van der Waals surface area contributed by atoms with E-state index in [1.807, 2.05) is 0 Å². The lowest BCUT2D eigenvalue weighted by molar-refractivity contribution is 0.154. The first kappa shape index (κ1) is 12.2. The number of aliphatic hydroxyl groups excluding tert-OH is 2. The molecule has 0 saturated heterocycles. The molecule has 0 heterocycles. The van der Waals surface area contributed by atoms with E-state index >= 15 is 0 Å². The molecule has 0 aromatic carbocycles. The van der Waals surface area contributed by atoms with Gasteiger partial charge < -0.3 is 10.2 Å². The quantitative estimate of drug-likeness (QED) is 0.297. The van der Waals surface area contributed by atoms with Gasteiger partial charge in [-0.3, -0.25) is 0 Å². The van der Waals surface area contributed by atoms with Gasteiger partial charge in [-0.15, -0.1) is 0 Å². The van der Waals surface area contributed by atoms with Gasteiger partial charge in [0, 0.05) is 10.3 Å². The number of isocyanates is 2. The van der Waals surface area contributed by atoms with Gasteiger partial charge in [0.05, 0.1) is 13.2 Å². The van der Waals surface area contributed by atoms with E-state index in [1.165, 1.54) is 0 Å². The van der Waals surface area contributed by atoms with E-state index in [9.17, 15) is 0 Å². The molecule has 7 heteroatoms. The standard InChI is InChI=1S/C2N2O3.C2H6O2/c5-1-3-7-4-2-6;3-1-2-4/h;3-4H,1-2H2. The molecular weight excluding hydrogens is 156 g/mol. The van der Waals surface area contributed by atoms with Crippen molar-refractivity contribution >= 4 is 12.2 Å². The highest BCUT2D eigenvalue weighted by molar-refractivity contribution is 5.32. The van der Waals surface area contributed by atoms with Crippen molar-refractivity contribution < 1.29 is 24.7 Å². The van der Waals surface area contributed by atoms with E-state index < -0.39 is 0 Å². The molecule has 0 atom stereocenters. The molecule has 0 rings (SSSR count). The zero-order chi connectivity index (χ0) is 8.95. The normalized spacial score (nSPS) is 6.00. The third kappa shape index (κ3) is 29.4. The average Bonchev–Trinajstić information content (AvgIpc) is 2.06. The summed E-state index contributed by atoms with van der Waals surface area (Å²) in [6.45, 7) is -0.250. The SMILES string of the molecule is O=C=NON=C=O.OCCO. The Hall–Kier alpha value is -1.52. The van der Waals surface area contributed by atoms with Crippen LogP contribution in [-0.2, 0) is 14.5 Å². The van der Waals surface area contributed by atoms with Crippen LogP contribution < -0.4 is 0 Å². The fourth-order valence-corrected chi connectivity index (χ4v) is 0.0537. The minimum absolute atomic E-state index is 0.125. The molecule has 0 aromatic heterocycles. The van der Waals surface area contributed by atoms with Crippen molar-refractivity contribution in [2.75, 3.05) is 13.2 Å². The van der Waals surface area contributed by atoms with Crippen molar-refractivity contribution in [1.82, 2.24) is 0 Å². The van der Waals surface area contributed by atoms with Gasteiger partial charge in [0.15, 0.2) is 0 Å². The molecule has 0 bridgehead atoms. The molecule has 7 nitrogen and oxygen atoms in total. The topological polar surface area (TPSA) is 109 Å². The number of carbonyl (C=O) groups excluding carboxylic acids is 2. The summed E-state index contributed by atoms with van der Waals surface area (Å²) in [6, 6.07) is 0. The molecule has 0 aliphatic rings. The first-order chi connectivity index (χ1) is 5.33. The van der Waals surface area contributed by atoms with E-state index in [0.717, 1.165) is 12.2 Å². The minimum atomic E-state index is -0.125. The van der Waals surface area contributed by atoms with Crippen LogP contribution in [0, 0.1) is 0 Å². The highest BCUT2D eigenvalue weighted by Crippen LogP contribution is 1.65. The number of nitrogens with zero attached hydrogens (tertiary/aromatic N) is 2. The van der Waals surface area contributed by atoms with Crippen molar-refractivity contribution in [3.05, 3.63) is 0 Å². The molecule has 0 spiro atoms. The lowest BCUT2D eigenvalue weighted by Crippen LogP contribution is -1.85. The van der Waals surface area contributed by atoms with Crippen LogP contribution in [0.4, 0.5) is 0 Å². The first-order valence-electron chi connectivity index (χ1n) is 2.35. The molecule has 62 valence electrons. The van der Waals surface area contributed by atoms with Crippen LogP contribution in [0.15, 0.2) is 10.3 Å². The summed E-state index contributed by atoms with van der Waals surface area (Å²) in [6.07, 6.45) is 1.97. The first-order valence-corrected chi connectivity index (χ1v) is 2.35. The Morgan fingerprint density at radius 3 is 1.64 bits per heavy atom. The van der Waals surface area contributed by atoms with Gasteiger partial charge in [-0.25, -0.2) is 14.5 Å². The Bertz CT molecular complexity index is 140. The fraction of sp³-hybridized carbons (Fsp3) is 0.500. The van der Waals surface area contributed by atoms with Crippen molar-refractivity contribution in [3.63, 3.8) is 0 Å². The highest BCUT2D eigenvalue weighted by atomic mass is 16.8. The molecule has 0 aliphatic carbocycles. The molecule has 0 aliphatic heterocycles. The molecule has 2 N–H and O–H groups in total. The van der Waals surface area contributed by atoms with Gasteiger partial charge in [0.1, 0.15) is 0 Å². The second kappa shape index (κ2) is 15.8. The number of hydrogen-bond acceptors (Lipinski definition) is 7. The van der Waals surface area contributed by atoms with Crippen LogP contribution in [0.3, 0.4) is 0 Å². The Morgan fingerprint density at radius 1 is 1.09 bits per heavy atom. The van der Waals surface area contributed by atoms with Crippen molar-refractivity contribution in [2.45, 2.75) is 0 Å². The Morgan fingerprint density at radius 2 is 1.45 bits per heavy atom. The molecule has 0 amide bonds. The van der Waals surface area contributed by atoms with Crippen molar-refractivity contribution in [2.24, 2.45) is 10.3 Å². The third-order valence-electron chi connectivity index (χ3n) is 0.256. The molecule has 0 radical (unpaired) electrons. The van der Waals surface area contributed by atoms with Crippen molar-refractivity contribution in [1.29, 1.82) is 0 Å². The molecule has 0 aromatic rings. The van der Waals surface area contributed by atoms with Crippen LogP contribution in [0.25, 0.3) is 0 Å². The van der Waals surface area contributed by atoms with Gasteiger partial charge in [-0.05, 0) is 0 Å². The van der Waals surface area contributed by atoms with Gasteiger partial charge in [0.2, 0.25) is 0 Å². The van der Waals surface area contributed by atoms with E-state index in [0.29, 0.717) is 0 Å². The maximum Gasteiger partial charge on any atom is 0.279 e. The molecular formula is C4H6N2O5. The van der Waals surface area contributed by atoms with Gasteiger partial charge in [-0.2, -0.15) is 0 Å². The predicted molar refractivity (Wildman–Crippen MR) is 31.5 cm³/mol. The fourth-order valence-electron chi connectivity index (χ4n) is 0.0537. The summed E-state index contributed by atoms with van der Waals surface area (Å²) in [4.78, 5) is 21.7. The lowest BCUT2D eigenvalue weighted by atomic mass is 10.8. The largest absolute Gasteiger partial charge is 0.394 e. The molecule has 0 saturated carbocycles. The Balaban J connectivity index is 0. The van der Waals surface area contributed by atoms with Crippen molar-refractivity contribution in [3.8, 4) is 0 Å². The zero-order valence-electron chi connectivity index (χ0n) is 5.43. The minimum Gasteiger partial charge on any atom is -0.394 e. The molecule has 0 fully saturated rings. The second-order valence-corrected chi connectivity index (χ2v) is 0.894. The van der Waals surface area contributed by atoms with E-state index in [1.54, 1.807) is 0 Å². The lowest BCUT2D eigenvalue weighted by Gasteiger charge is -1.70. The summed E-state index contributed by atoms with van der Waals surface area (Å²) >= 11 is 0. The van der Waals surface area contributed by atoms with Gasteiger partial charge in [-0.1, -0.05) is 0 Å². The van der Waals surface area contributed by atoms with E-state index in [-0.39, 0.29) is 13.2 Å². The third-order valence-corrected chi connectivity index (χ3v) is 0.256. The summed E-state index contributed by atoms with van der Waals surface area (Å²) < 4.78 is 0. The van der Waals surface area contributed by atoms with E-state index in [2.05, 4.69) is 15.2 Å². The number of hydrogen-bond donors (Lipinski definition) is 2. The Kier molecular flexibility index (Phi) is 17.5. The zero-order valence-corrected chi connectivity index (χ0v) is 5.43. The predicted octanol–water partition coefficient (Wildman–Crippen LogP) is -1.52. The molecule has 11 heavy (non-hydrogen) atoms.